The second-order valence-electron chi connectivity index (χ2n) is 3.36. The lowest BCUT2D eigenvalue weighted by atomic mass is 10.2. The Labute approximate surface area is 87.7 Å². The molecule has 1 aromatic rings. The molecule has 80 valence electrons. The van der Waals surface area contributed by atoms with Gasteiger partial charge in [-0.05, 0) is 0 Å². The number of hydrogen-bond donors (Lipinski definition) is 2. The number of nitrogens with zero attached hydrogens (tertiary/aromatic N) is 3. The zero-order valence-electron chi connectivity index (χ0n) is 8.74. The van der Waals surface area contributed by atoms with Crippen LogP contribution in [-0.2, 0) is 0 Å². The molecule has 0 aliphatic carbocycles. The highest BCUT2D eigenvalue weighted by Crippen LogP contribution is 2.07. The van der Waals surface area contributed by atoms with Gasteiger partial charge in [0, 0.05) is 12.5 Å². The van der Waals surface area contributed by atoms with Gasteiger partial charge in [0.2, 0.25) is 5.82 Å². The molecule has 1 amide bonds. The smallest absolute Gasteiger partial charge is 0.290 e. The van der Waals surface area contributed by atoms with Crippen molar-refractivity contribution in [3.05, 3.63) is 11.6 Å². The third-order valence-electron chi connectivity index (χ3n) is 1.78. The van der Waals surface area contributed by atoms with Crippen LogP contribution >= 0.6 is 0 Å². The van der Waals surface area contributed by atoms with Gasteiger partial charge in [-0.3, -0.25) is 9.89 Å². The number of carbonyl (C=O) groups is 1. The van der Waals surface area contributed by atoms with E-state index in [-0.39, 0.29) is 24.1 Å². The van der Waals surface area contributed by atoms with E-state index in [0.717, 1.165) is 0 Å². The van der Waals surface area contributed by atoms with Crippen LogP contribution in [0.2, 0.25) is 0 Å². The molecule has 0 unspecified atom stereocenters. The summed E-state index contributed by atoms with van der Waals surface area (Å²) in [4.78, 5) is 15.4. The maximum atomic E-state index is 11.4. The maximum absolute atomic E-state index is 11.4. The first-order valence-electron chi connectivity index (χ1n) is 4.72. The Bertz CT molecular complexity index is 376. The Balaban J connectivity index is 2.55. The average Bonchev–Trinajstić information content (AvgIpc) is 2.66. The summed E-state index contributed by atoms with van der Waals surface area (Å²) in [6.45, 7) is 4.23. The molecular weight excluding hydrogens is 194 g/mol. The molecule has 1 rings (SSSR count). The van der Waals surface area contributed by atoms with Crippen LogP contribution in [0.15, 0.2) is 0 Å². The fraction of sp³-hybridized carbons (Fsp3) is 0.556. The quantitative estimate of drug-likeness (QED) is 0.706. The SMILES string of the molecule is CC(C)c1nc(C(=O)NCCC#N)n[nH]1. The van der Waals surface area contributed by atoms with Crippen LogP contribution in [0.3, 0.4) is 0 Å². The minimum Gasteiger partial charge on any atom is -0.348 e. The summed E-state index contributed by atoms with van der Waals surface area (Å²) in [6.07, 6.45) is 0.285. The van der Waals surface area contributed by atoms with E-state index in [1.54, 1.807) is 0 Å². The number of nitriles is 1. The van der Waals surface area contributed by atoms with Crippen molar-refractivity contribution in [2.75, 3.05) is 6.54 Å². The van der Waals surface area contributed by atoms with Gasteiger partial charge in [-0.1, -0.05) is 13.8 Å². The van der Waals surface area contributed by atoms with Gasteiger partial charge >= 0.3 is 0 Å². The molecule has 0 bridgehead atoms. The molecule has 0 aliphatic rings. The molecular formula is C9H13N5O. The van der Waals surface area contributed by atoms with Gasteiger partial charge in [-0.2, -0.15) is 5.26 Å². The number of nitrogens with one attached hydrogen (secondary N) is 2. The van der Waals surface area contributed by atoms with E-state index in [9.17, 15) is 4.79 Å². The van der Waals surface area contributed by atoms with Crippen molar-refractivity contribution in [2.24, 2.45) is 0 Å². The second-order valence-corrected chi connectivity index (χ2v) is 3.36. The maximum Gasteiger partial charge on any atom is 0.290 e. The summed E-state index contributed by atoms with van der Waals surface area (Å²) in [5.74, 6) is 0.656. The van der Waals surface area contributed by atoms with E-state index in [4.69, 9.17) is 5.26 Å². The summed E-state index contributed by atoms with van der Waals surface area (Å²) >= 11 is 0. The second kappa shape index (κ2) is 5.10. The number of aromatic nitrogens is 3. The standard InChI is InChI=1S/C9H13N5O/c1-6(2)7-12-8(14-13-7)9(15)11-5-3-4-10/h6H,3,5H2,1-2H3,(H,11,15)(H,12,13,14). The van der Waals surface area contributed by atoms with Gasteiger partial charge in [0.15, 0.2) is 0 Å². The van der Waals surface area contributed by atoms with E-state index in [0.29, 0.717) is 12.4 Å². The molecule has 0 aromatic carbocycles. The molecule has 0 radical (unpaired) electrons. The molecule has 15 heavy (non-hydrogen) atoms. The van der Waals surface area contributed by atoms with Gasteiger partial charge in [-0.25, -0.2) is 4.98 Å². The monoisotopic (exact) mass is 207 g/mol. The molecule has 0 fully saturated rings. The van der Waals surface area contributed by atoms with Gasteiger partial charge in [0.1, 0.15) is 5.82 Å². The number of aromatic amines is 1. The molecule has 6 nitrogen and oxygen atoms in total. The average molecular weight is 207 g/mol. The van der Waals surface area contributed by atoms with E-state index in [1.165, 1.54) is 0 Å². The molecule has 1 aromatic heterocycles. The summed E-state index contributed by atoms with van der Waals surface area (Å²) < 4.78 is 0. The first-order chi connectivity index (χ1) is 7.15. The normalized spacial score (nSPS) is 10.0. The highest BCUT2D eigenvalue weighted by Gasteiger charge is 2.12. The number of carbonyl (C=O) groups excluding carboxylic acids is 1. The highest BCUT2D eigenvalue weighted by molar-refractivity contribution is 5.90. The van der Waals surface area contributed by atoms with E-state index >= 15 is 0 Å². The van der Waals surface area contributed by atoms with Crippen molar-refractivity contribution in [3.63, 3.8) is 0 Å². The molecule has 2 N–H and O–H groups in total. The zero-order valence-corrected chi connectivity index (χ0v) is 8.74. The molecule has 0 spiro atoms. The predicted octanol–water partition coefficient (Wildman–Crippen LogP) is 0.572. The van der Waals surface area contributed by atoms with Gasteiger partial charge in [-0.15, -0.1) is 5.10 Å². The minimum absolute atomic E-state index is 0.122. The lowest BCUT2D eigenvalue weighted by molar-refractivity contribution is 0.0944. The van der Waals surface area contributed by atoms with E-state index in [1.807, 2.05) is 19.9 Å². The third kappa shape index (κ3) is 3.06. The first kappa shape index (κ1) is 11.2. The number of rotatable bonds is 4. The van der Waals surface area contributed by atoms with Crippen molar-refractivity contribution < 1.29 is 4.79 Å². The van der Waals surface area contributed by atoms with Crippen molar-refractivity contribution in [2.45, 2.75) is 26.2 Å². The van der Waals surface area contributed by atoms with Gasteiger partial charge in [0.25, 0.3) is 5.91 Å². The predicted molar refractivity (Wildman–Crippen MR) is 53.0 cm³/mol. The van der Waals surface area contributed by atoms with Crippen LogP contribution in [-0.4, -0.2) is 27.6 Å². The Hall–Kier alpha value is -1.90. The third-order valence-corrected chi connectivity index (χ3v) is 1.78. The summed E-state index contributed by atoms with van der Waals surface area (Å²) in [7, 11) is 0. The molecule has 0 atom stereocenters. The summed E-state index contributed by atoms with van der Waals surface area (Å²) in [5.41, 5.74) is 0. The molecule has 0 saturated carbocycles. The van der Waals surface area contributed by atoms with Crippen LogP contribution in [0.5, 0.6) is 0 Å². The minimum atomic E-state index is -0.353. The van der Waals surface area contributed by atoms with Crippen LogP contribution in [0, 0.1) is 11.3 Å². The van der Waals surface area contributed by atoms with Crippen LogP contribution in [0.25, 0.3) is 0 Å². The van der Waals surface area contributed by atoms with Crippen molar-refractivity contribution in [3.8, 4) is 6.07 Å². The van der Waals surface area contributed by atoms with Gasteiger partial charge < -0.3 is 5.32 Å². The summed E-state index contributed by atoms with van der Waals surface area (Å²) in [5, 5.41) is 17.3. The van der Waals surface area contributed by atoms with Crippen molar-refractivity contribution >= 4 is 5.91 Å². The number of H-pyrrole nitrogens is 1. The molecule has 0 aliphatic heterocycles. The molecule has 6 heteroatoms. The van der Waals surface area contributed by atoms with Crippen LogP contribution in [0.1, 0.15) is 42.6 Å². The summed E-state index contributed by atoms with van der Waals surface area (Å²) in [6, 6.07) is 1.93. The highest BCUT2D eigenvalue weighted by atomic mass is 16.2. The zero-order chi connectivity index (χ0) is 11.3. The Morgan fingerprint density at radius 2 is 2.40 bits per heavy atom. The topological polar surface area (TPSA) is 94.5 Å². The Morgan fingerprint density at radius 3 is 2.93 bits per heavy atom. The van der Waals surface area contributed by atoms with Gasteiger partial charge in [0.05, 0.1) is 12.5 Å². The fourth-order valence-electron chi connectivity index (χ4n) is 0.945. The van der Waals surface area contributed by atoms with Crippen molar-refractivity contribution in [1.29, 1.82) is 5.26 Å². The number of hydrogen-bond acceptors (Lipinski definition) is 4. The van der Waals surface area contributed by atoms with E-state index < -0.39 is 0 Å². The lowest BCUT2D eigenvalue weighted by Gasteiger charge is -1.97. The fourth-order valence-corrected chi connectivity index (χ4v) is 0.945. The molecule has 0 saturated heterocycles. The Morgan fingerprint density at radius 1 is 1.67 bits per heavy atom. The number of amides is 1. The molecule has 1 heterocycles. The largest absolute Gasteiger partial charge is 0.348 e. The van der Waals surface area contributed by atoms with Crippen molar-refractivity contribution in [1.82, 2.24) is 20.5 Å². The first-order valence-corrected chi connectivity index (χ1v) is 4.72. The lowest BCUT2D eigenvalue weighted by Crippen LogP contribution is -2.25. The Kier molecular flexibility index (Phi) is 3.80. The van der Waals surface area contributed by atoms with Crippen LogP contribution in [0.4, 0.5) is 0 Å². The van der Waals surface area contributed by atoms with Crippen LogP contribution < -0.4 is 5.32 Å². The van der Waals surface area contributed by atoms with E-state index in [2.05, 4.69) is 20.5 Å².